The number of aliphatic hydroxyl groups excluding tert-OH is 1. The third-order valence-corrected chi connectivity index (χ3v) is 6.85. The van der Waals surface area contributed by atoms with E-state index in [-0.39, 0.29) is 13.0 Å². The molecule has 2 atom stereocenters. The molecule has 37 heavy (non-hydrogen) atoms. The Balaban J connectivity index is 1.78. The van der Waals surface area contributed by atoms with E-state index in [9.17, 15) is 15.0 Å². The van der Waals surface area contributed by atoms with Gasteiger partial charge in [-0.25, -0.2) is 0 Å². The molecule has 0 spiro atoms. The van der Waals surface area contributed by atoms with Gasteiger partial charge in [0.1, 0.15) is 28.9 Å². The van der Waals surface area contributed by atoms with E-state index < -0.39 is 23.7 Å². The number of methoxy groups -OCH3 is 3. The number of hydrogen-bond donors (Lipinski definition) is 2. The van der Waals surface area contributed by atoms with Crippen LogP contribution in [-0.4, -0.2) is 74.3 Å². The normalized spacial score (nSPS) is 17.9. The summed E-state index contributed by atoms with van der Waals surface area (Å²) in [5, 5.41) is 19.7. The van der Waals surface area contributed by atoms with Gasteiger partial charge in [0.15, 0.2) is 0 Å². The maximum absolute atomic E-state index is 11.7. The molecule has 1 heterocycles. The van der Waals surface area contributed by atoms with Gasteiger partial charge in [0.2, 0.25) is 0 Å². The van der Waals surface area contributed by atoms with Crippen molar-refractivity contribution < 1.29 is 34.0 Å². The van der Waals surface area contributed by atoms with Gasteiger partial charge in [-0.15, -0.1) is 0 Å². The minimum absolute atomic E-state index is 0.204. The molecule has 8 nitrogen and oxygen atoms in total. The number of likely N-dealkylation sites (tertiary alicyclic amines) is 1. The number of rotatable bonds is 11. The lowest BCUT2D eigenvalue weighted by atomic mass is 9.80. The molecular formula is C29H33NO7. The average molecular weight is 508 g/mol. The molecule has 0 aromatic heterocycles. The van der Waals surface area contributed by atoms with Crippen molar-refractivity contribution in [1.82, 2.24) is 4.90 Å². The molecule has 1 saturated heterocycles. The zero-order valence-corrected chi connectivity index (χ0v) is 21.3. The van der Waals surface area contributed by atoms with Gasteiger partial charge in [-0.2, -0.15) is 0 Å². The van der Waals surface area contributed by atoms with Crippen LogP contribution in [0, 0.1) is 0 Å². The van der Waals surface area contributed by atoms with Gasteiger partial charge in [-0.3, -0.25) is 9.69 Å². The van der Waals surface area contributed by atoms with E-state index in [1.165, 1.54) is 0 Å². The quantitative estimate of drug-likeness (QED) is 0.381. The molecule has 0 aliphatic carbocycles. The summed E-state index contributed by atoms with van der Waals surface area (Å²) >= 11 is 0. The number of benzene rings is 3. The Hall–Kier alpha value is -3.59. The number of carboxylic acids is 1. The Kier molecular flexibility index (Phi) is 8.33. The van der Waals surface area contributed by atoms with Crippen LogP contribution in [0.4, 0.5) is 0 Å². The first-order valence-corrected chi connectivity index (χ1v) is 12.1. The van der Waals surface area contributed by atoms with Crippen LogP contribution in [-0.2, 0) is 15.1 Å². The molecule has 1 aliphatic rings. The van der Waals surface area contributed by atoms with Crippen LogP contribution in [0.25, 0.3) is 0 Å². The summed E-state index contributed by atoms with van der Waals surface area (Å²) in [6.45, 7) is 0.861. The van der Waals surface area contributed by atoms with Crippen LogP contribution in [0.15, 0.2) is 72.8 Å². The number of aliphatic carboxylic acids is 1. The lowest BCUT2D eigenvalue weighted by Gasteiger charge is -2.37. The summed E-state index contributed by atoms with van der Waals surface area (Å²) in [5.74, 6) is 1.22. The molecule has 0 saturated carbocycles. The molecule has 0 amide bonds. The van der Waals surface area contributed by atoms with Crippen LogP contribution in [0.1, 0.15) is 23.1 Å². The summed E-state index contributed by atoms with van der Waals surface area (Å²) in [6.07, 6.45) is -0.466. The second-order valence-corrected chi connectivity index (χ2v) is 8.95. The number of nitrogens with zero attached hydrogens (tertiary/aromatic N) is 1. The van der Waals surface area contributed by atoms with Gasteiger partial charge < -0.3 is 29.2 Å². The molecule has 196 valence electrons. The van der Waals surface area contributed by atoms with Gasteiger partial charge in [0.25, 0.3) is 0 Å². The van der Waals surface area contributed by atoms with Crippen LogP contribution in [0.5, 0.6) is 17.2 Å². The monoisotopic (exact) mass is 507 g/mol. The molecule has 0 radical (unpaired) electrons. The largest absolute Gasteiger partial charge is 0.497 e. The fourth-order valence-corrected chi connectivity index (χ4v) is 4.93. The minimum atomic E-state index is -1.03. The van der Waals surface area contributed by atoms with Crippen molar-refractivity contribution in [2.75, 3.05) is 41.0 Å². The van der Waals surface area contributed by atoms with Gasteiger partial charge in [-0.1, -0.05) is 36.4 Å². The third kappa shape index (κ3) is 5.56. The molecule has 4 rings (SSSR count). The second-order valence-electron chi connectivity index (χ2n) is 8.95. The van der Waals surface area contributed by atoms with E-state index in [2.05, 4.69) is 0 Å². The summed E-state index contributed by atoms with van der Waals surface area (Å²) in [7, 11) is 4.86. The third-order valence-electron chi connectivity index (χ3n) is 6.85. The Labute approximate surface area is 217 Å². The van der Waals surface area contributed by atoms with E-state index in [0.717, 1.165) is 33.9 Å². The van der Waals surface area contributed by atoms with E-state index in [1.807, 2.05) is 72.8 Å². The predicted molar refractivity (Wildman–Crippen MR) is 138 cm³/mol. The van der Waals surface area contributed by atoms with Crippen molar-refractivity contribution in [1.29, 1.82) is 0 Å². The summed E-state index contributed by atoms with van der Waals surface area (Å²) in [6, 6.07) is 22.4. The highest BCUT2D eigenvalue weighted by Crippen LogP contribution is 2.42. The molecule has 3 aromatic carbocycles. The molecule has 3 aromatic rings. The van der Waals surface area contributed by atoms with Gasteiger partial charge in [-0.05, 0) is 53.1 Å². The van der Waals surface area contributed by atoms with Gasteiger partial charge >= 0.3 is 5.97 Å². The van der Waals surface area contributed by atoms with Crippen molar-refractivity contribution in [3.8, 4) is 17.2 Å². The minimum Gasteiger partial charge on any atom is -0.497 e. The first kappa shape index (κ1) is 26.5. The zero-order valence-electron chi connectivity index (χ0n) is 21.3. The fourth-order valence-electron chi connectivity index (χ4n) is 4.93. The standard InChI is InChI=1S/C29H33NO7/c1-34-24-10-4-20(5-11-24)29(21-6-12-25(35-2)13-7-21,22-8-14-26(36-3)15-9-22)37-17-16-30-19-23(31)18-27(30)28(32)33/h4-15,23,27,31H,16-19H2,1-3H3,(H,32,33)/t23-,27-/m1/s1. The number of ether oxygens (including phenoxy) is 4. The van der Waals surface area contributed by atoms with Crippen molar-refractivity contribution in [3.05, 3.63) is 89.5 Å². The predicted octanol–water partition coefficient (Wildman–Crippen LogP) is 3.54. The van der Waals surface area contributed by atoms with Crippen LogP contribution >= 0.6 is 0 Å². The highest BCUT2D eigenvalue weighted by molar-refractivity contribution is 5.74. The Bertz CT molecular complexity index is 1050. The zero-order chi connectivity index (χ0) is 26.4. The van der Waals surface area contributed by atoms with Crippen molar-refractivity contribution in [2.24, 2.45) is 0 Å². The van der Waals surface area contributed by atoms with Gasteiger partial charge in [0.05, 0.1) is 34.0 Å². The van der Waals surface area contributed by atoms with Crippen molar-refractivity contribution in [3.63, 3.8) is 0 Å². The maximum Gasteiger partial charge on any atom is 0.321 e. The van der Waals surface area contributed by atoms with Crippen LogP contribution in [0.3, 0.4) is 0 Å². The highest BCUT2D eigenvalue weighted by Gasteiger charge is 2.40. The fraction of sp³-hybridized carbons (Fsp3) is 0.345. The number of β-amino-alcohol motifs (C(OH)–C–C–N with tert-alkyl or cyclic N) is 1. The summed E-state index contributed by atoms with van der Waals surface area (Å²) in [5.41, 5.74) is 1.60. The lowest BCUT2D eigenvalue weighted by molar-refractivity contribution is -0.142. The maximum atomic E-state index is 11.7. The SMILES string of the molecule is COc1ccc(C(OCCN2C[C@H](O)C[C@@H]2C(=O)O)(c2ccc(OC)cc2)c2ccc(OC)cc2)cc1. The molecular weight excluding hydrogens is 474 g/mol. The highest BCUT2D eigenvalue weighted by atomic mass is 16.5. The Morgan fingerprint density at radius 3 is 1.57 bits per heavy atom. The lowest BCUT2D eigenvalue weighted by Crippen LogP contribution is -2.40. The van der Waals surface area contributed by atoms with E-state index in [1.54, 1.807) is 26.2 Å². The number of carboxylic acid groups (broad SMARTS) is 1. The number of hydrogen-bond acceptors (Lipinski definition) is 7. The van der Waals surface area contributed by atoms with Crippen LogP contribution < -0.4 is 14.2 Å². The summed E-state index contributed by atoms with van der Waals surface area (Å²) in [4.78, 5) is 13.5. The van der Waals surface area contributed by atoms with E-state index in [0.29, 0.717) is 13.1 Å². The Morgan fingerprint density at radius 1 is 0.811 bits per heavy atom. The number of carbonyl (C=O) groups is 1. The molecule has 2 N–H and O–H groups in total. The molecule has 1 fully saturated rings. The molecule has 0 bridgehead atoms. The molecule has 8 heteroatoms. The molecule has 0 unspecified atom stereocenters. The van der Waals surface area contributed by atoms with Crippen molar-refractivity contribution >= 4 is 5.97 Å². The topological polar surface area (TPSA) is 97.7 Å². The van der Waals surface area contributed by atoms with E-state index >= 15 is 0 Å². The van der Waals surface area contributed by atoms with Gasteiger partial charge in [0, 0.05) is 19.5 Å². The molecule has 1 aliphatic heterocycles. The first-order valence-electron chi connectivity index (χ1n) is 12.1. The summed E-state index contributed by atoms with van der Waals surface area (Å²) < 4.78 is 23.0. The van der Waals surface area contributed by atoms with E-state index in [4.69, 9.17) is 18.9 Å². The first-order chi connectivity index (χ1) is 17.9. The smallest absolute Gasteiger partial charge is 0.321 e. The Morgan fingerprint density at radius 2 is 1.22 bits per heavy atom. The van der Waals surface area contributed by atoms with Crippen molar-refractivity contribution in [2.45, 2.75) is 24.2 Å². The number of aliphatic hydroxyl groups is 1. The van der Waals surface area contributed by atoms with Crippen LogP contribution in [0.2, 0.25) is 0 Å². The average Bonchev–Trinajstić information content (AvgIpc) is 3.32. The second kappa shape index (κ2) is 11.6.